The van der Waals surface area contributed by atoms with Gasteiger partial charge in [0.15, 0.2) is 0 Å². The average Bonchev–Trinajstić information content (AvgIpc) is 3.28. The normalized spacial score (nSPS) is 24.0. The molecule has 2 aliphatic heterocycles. The van der Waals surface area contributed by atoms with Gasteiger partial charge in [-0.05, 0) is 79.2 Å². The third-order valence-electron chi connectivity index (χ3n) is 7.30. The number of anilines is 1. The van der Waals surface area contributed by atoms with Crippen molar-refractivity contribution in [2.24, 2.45) is 11.8 Å². The number of benzene rings is 1. The monoisotopic (exact) mass is 555 g/mol. The van der Waals surface area contributed by atoms with Crippen LogP contribution in [-0.4, -0.2) is 47.3 Å². The van der Waals surface area contributed by atoms with Gasteiger partial charge in [0.2, 0.25) is 11.8 Å². The van der Waals surface area contributed by atoms with Gasteiger partial charge in [-0.2, -0.15) is 0 Å². The largest absolute Gasteiger partial charge is 0.370 e. The topological polar surface area (TPSA) is 52.7 Å². The third kappa shape index (κ3) is 5.67. The van der Waals surface area contributed by atoms with Gasteiger partial charge in [-0.25, -0.2) is 0 Å². The third-order valence-corrected chi connectivity index (χ3v) is 8.67. The fraction of sp³-hybridized carbons (Fsp3) is 0.500. The molecule has 0 unspecified atom stereocenters. The molecule has 2 amide bonds. The average molecular weight is 557 g/mol. The summed E-state index contributed by atoms with van der Waals surface area (Å²) < 4.78 is 1.01. The first-order valence-electron chi connectivity index (χ1n) is 12.8. The zero-order chi connectivity index (χ0) is 24.5. The Hall–Kier alpha value is -2.12. The zero-order valence-electron chi connectivity index (χ0n) is 20.6. The van der Waals surface area contributed by atoms with Gasteiger partial charge in [-0.15, -0.1) is 11.3 Å². The first kappa shape index (κ1) is 24.6. The highest BCUT2D eigenvalue weighted by molar-refractivity contribution is 9.10. The molecule has 35 heavy (non-hydrogen) atoms. The van der Waals surface area contributed by atoms with Crippen LogP contribution < -0.4 is 5.32 Å². The molecule has 0 bridgehead atoms. The van der Waals surface area contributed by atoms with Crippen LogP contribution in [0.1, 0.15) is 56.4 Å². The second-order valence-electron chi connectivity index (χ2n) is 10.5. The Morgan fingerprint density at radius 3 is 2.60 bits per heavy atom. The summed E-state index contributed by atoms with van der Waals surface area (Å²) in [6.45, 7) is 7.42. The standard InChI is InChI=1S/C28H34BrN3O2S/c1-18-13-19(2)17-31(16-18)27(20-7-8-20)23-14-21(29)9-10-24(23)30-28(34)25-6-3-11-32(25)26(33)15-22-5-4-12-35-22/h4-5,9-10,12,14,18-19,25H,3,6-8,11,13,15-17H2,1-2H3,(H,30,34)/t18-,19+,25-/m0/s1. The van der Waals surface area contributed by atoms with Crippen LogP contribution in [0.15, 0.2) is 45.8 Å². The first-order chi connectivity index (χ1) is 16.9. The number of nitrogens with one attached hydrogen (secondary N) is 1. The van der Waals surface area contributed by atoms with E-state index in [1.165, 1.54) is 17.7 Å². The van der Waals surface area contributed by atoms with E-state index in [9.17, 15) is 9.59 Å². The molecular formula is C28H34BrN3O2S. The number of nitrogens with zero attached hydrogens (tertiary/aromatic N) is 2. The van der Waals surface area contributed by atoms with Crippen LogP contribution >= 0.6 is 27.3 Å². The predicted molar refractivity (Wildman–Crippen MR) is 146 cm³/mol. The Balaban J connectivity index is 1.38. The number of halogens is 1. The van der Waals surface area contributed by atoms with E-state index >= 15 is 0 Å². The highest BCUT2D eigenvalue weighted by Gasteiger charge is 2.35. The van der Waals surface area contributed by atoms with Crippen molar-refractivity contribution in [2.45, 2.75) is 58.4 Å². The summed E-state index contributed by atoms with van der Waals surface area (Å²) in [5.41, 5.74) is 4.72. The van der Waals surface area contributed by atoms with Gasteiger partial charge in [0.05, 0.1) is 12.1 Å². The number of carbonyl (C=O) groups is 2. The summed E-state index contributed by atoms with van der Waals surface area (Å²) in [5, 5.41) is 5.22. The number of thiophene rings is 1. The number of hydrogen-bond donors (Lipinski definition) is 1. The Morgan fingerprint density at radius 2 is 1.91 bits per heavy atom. The van der Waals surface area contributed by atoms with Crippen LogP contribution in [0.3, 0.4) is 0 Å². The van der Waals surface area contributed by atoms with Crippen molar-refractivity contribution in [1.29, 1.82) is 0 Å². The van der Waals surface area contributed by atoms with E-state index in [4.69, 9.17) is 0 Å². The fourth-order valence-electron chi connectivity index (χ4n) is 5.77. The van der Waals surface area contributed by atoms with Crippen LogP contribution in [0.5, 0.6) is 0 Å². The van der Waals surface area contributed by atoms with E-state index in [1.807, 2.05) is 29.6 Å². The minimum absolute atomic E-state index is 0.0400. The van der Waals surface area contributed by atoms with E-state index < -0.39 is 6.04 Å². The Bertz CT molecular complexity index is 1110. The molecule has 1 aliphatic carbocycles. The summed E-state index contributed by atoms with van der Waals surface area (Å²) >= 11 is 5.25. The van der Waals surface area contributed by atoms with E-state index in [-0.39, 0.29) is 11.8 Å². The zero-order valence-corrected chi connectivity index (χ0v) is 23.0. The maximum atomic E-state index is 13.5. The second-order valence-corrected chi connectivity index (χ2v) is 12.4. The van der Waals surface area contributed by atoms with Gasteiger partial charge >= 0.3 is 0 Å². The molecule has 5 rings (SSSR count). The molecule has 5 nitrogen and oxygen atoms in total. The number of amides is 2. The van der Waals surface area contributed by atoms with Crippen LogP contribution in [0.2, 0.25) is 0 Å². The Labute approximate surface area is 220 Å². The lowest BCUT2D eigenvalue weighted by Gasteiger charge is -2.39. The van der Waals surface area contributed by atoms with Crippen molar-refractivity contribution in [2.75, 3.05) is 25.0 Å². The van der Waals surface area contributed by atoms with Crippen LogP contribution in [0.25, 0.3) is 5.70 Å². The summed E-state index contributed by atoms with van der Waals surface area (Å²) in [6, 6.07) is 9.68. The summed E-state index contributed by atoms with van der Waals surface area (Å²) in [6.07, 6.45) is 5.46. The number of allylic oxidation sites excluding steroid dienone is 1. The number of piperidine rings is 1. The number of carbonyl (C=O) groups excluding carboxylic acids is 2. The fourth-order valence-corrected chi connectivity index (χ4v) is 6.83. The minimum atomic E-state index is -0.411. The summed E-state index contributed by atoms with van der Waals surface area (Å²) in [4.78, 5) is 31.9. The molecule has 7 heteroatoms. The van der Waals surface area contributed by atoms with E-state index in [2.05, 4.69) is 46.1 Å². The minimum Gasteiger partial charge on any atom is -0.370 e. The second kappa shape index (κ2) is 10.5. The van der Waals surface area contributed by atoms with E-state index in [0.717, 1.165) is 53.0 Å². The molecule has 1 N–H and O–H groups in total. The number of hydrogen-bond acceptors (Lipinski definition) is 4. The molecule has 1 aromatic carbocycles. The Morgan fingerprint density at radius 1 is 1.14 bits per heavy atom. The van der Waals surface area contributed by atoms with Gasteiger partial charge in [0.25, 0.3) is 0 Å². The van der Waals surface area contributed by atoms with Gasteiger partial charge in [-0.3, -0.25) is 9.59 Å². The molecule has 3 aliphatic rings. The molecular weight excluding hydrogens is 522 g/mol. The molecule has 0 spiro atoms. The molecule has 3 heterocycles. The van der Waals surface area contributed by atoms with Gasteiger partial charge in [0.1, 0.15) is 6.04 Å². The Kier molecular flexibility index (Phi) is 7.35. The van der Waals surface area contributed by atoms with Crippen molar-refractivity contribution >= 4 is 50.5 Å². The highest BCUT2D eigenvalue weighted by Crippen LogP contribution is 2.43. The molecule has 1 aromatic heterocycles. The summed E-state index contributed by atoms with van der Waals surface area (Å²) in [7, 11) is 0. The molecule has 2 saturated heterocycles. The van der Waals surface area contributed by atoms with Gasteiger partial charge in [-0.1, -0.05) is 35.8 Å². The van der Waals surface area contributed by atoms with E-state index in [1.54, 1.807) is 16.2 Å². The molecule has 1 saturated carbocycles. The number of likely N-dealkylation sites (tertiary alicyclic amines) is 2. The van der Waals surface area contributed by atoms with Crippen LogP contribution in [-0.2, 0) is 16.0 Å². The van der Waals surface area contributed by atoms with Crippen LogP contribution in [0, 0.1) is 11.8 Å². The van der Waals surface area contributed by atoms with Crippen molar-refractivity contribution in [3.63, 3.8) is 0 Å². The van der Waals surface area contributed by atoms with Crippen LogP contribution in [0.4, 0.5) is 5.69 Å². The van der Waals surface area contributed by atoms with E-state index in [0.29, 0.717) is 31.2 Å². The summed E-state index contributed by atoms with van der Waals surface area (Å²) in [5.74, 6) is 1.27. The molecule has 3 atom stereocenters. The predicted octanol–water partition coefficient (Wildman–Crippen LogP) is 6.17. The SMILES string of the molecule is C[C@@H]1C[C@H](C)CN(C(=C2CC2)c2cc(Br)ccc2NC(=O)[C@@H]2CCCN2C(=O)Cc2cccs2)C1. The van der Waals surface area contributed by atoms with Gasteiger partial charge in [0, 0.05) is 40.2 Å². The van der Waals surface area contributed by atoms with Crippen molar-refractivity contribution in [3.05, 3.63) is 56.2 Å². The molecule has 2 aromatic rings. The van der Waals surface area contributed by atoms with Crippen molar-refractivity contribution in [3.8, 4) is 0 Å². The molecule has 0 radical (unpaired) electrons. The number of rotatable bonds is 6. The van der Waals surface area contributed by atoms with Crippen molar-refractivity contribution in [1.82, 2.24) is 9.80 Å². The lowest BCUT2D eigenvalue weighted by molar-refractivity contribution is -0.136. The first-order valence-corrected chi connectivity index (χ1v) is 14.5. The highest BCUT2D eigenvalue weighted by atomic mass is 79.9. The smallest absolute Gasteiger partial charge is 0.247 e. The molecule has 186 valence electrons. The molecule has 3 fully saturated rings. The van der Waals surface area contributed by atoms with Gasteiger partial charge < -0.3 is 15.1 Å². The maximum absolute atomic E-state index is 13.5. The van der Waals surface area contributed by atoms with Crippen molar-refractivity contribution < 1.29 is 9.59 Å². The lowest BCUT2D eigenvalue weighted by Crippen LogP contribution is -2.44. The maximum Gasteiger partial charge on any atom is 0.247 e. The lowest BCUT2D eigenvalue weighted by atomic mass is 9.90. The quantitative estimate of drug-likeness (QED) is 0.464.